The van der Waals surface area contributed by atoms with Crippen LogP contribution in [0.15, 0.2) is 18.3 Å². The molecule has 2 rings (SSSR count). The van der Waals surface area contributed by atoms with Gasteiger partial charge in [-0.2, -0.15) is 0 Å². The van der Waals surface area contributed by atoms with Gasteiger partial charge in [0.1, 0.15) is 5.78 Å². The molecule has 0 amide bonds. The maximum absolute atomic E-state index is 11.3. The molecule has 1 fully saturated rings. The molecule has 13 heavy (non-hydrogen) atoms. The zero-order chi connectivity index (χ0) is 9.31. The lowest BCUT2D eigenvalue weighted by molar-refractivity contribution is -0.122. The van der Waals surface area contributed by atoms with Crippen LogP contribution in [0.4, 0.5) is 0 Å². The smallest absolute Gasteiger partial charge is 0.136 e. The maximum atomic E-state index is 11.3. The number of Topliss-reactive ketones (excluding diaryl/α,β-unsaturated/α-hetero) is 1. The molecule has 0 saturated carbocycles. The molecular formula is C10H14N2O. The first-order chi connectivity index (χ1) is 6.21. The first kappa shape index (κ1) is 8.51. The minimum absolute atomic E-state index is 0.182. The Bertz CT molecular complexity index is 305. The predicted octanol–water partition coefficient (Wildman–Crippen LogP) is 1.18. The molecule has 1 saturated heterocycles. The molecular weight excluding hydrogens is 164 g/mol. The lowest BCUT2D eigenvalue weighted by Crippen LogP contribution is -2.46. The van der Waals surface area contributed by atoms with Crippen LogP contribution in [-0.4, -0.2) is 17.3 Å². The number of hydrogen-bond donors (Lipinski definition) is 2. The molecule has 1 aliphatic rings. The van der Waals surface area contributed by atoms with Crippen molar-refractivity contribution < 1.29 is 4.79 Å². The average Bonchev–Trinajstić information content (AvgIpc) is 2.55. The van der Waals surface area contributed by atoms with Crippen LogP contribution >= 0.6 is 0 Å². The van der Waals surface area contributed by atoms with Gasteiger partial charge in [0.15, 0.2) is 0 Å². The van der Waals surface area contributed by atoms with Crippen molar-refractivity contribution in [3.63, 3.8) is 0 Å². The van der Waals surface area contributed by atoms with E-state index in [4.69, 9.17) is 0 Å². The van der Waals surface area contributed by atoms with Gasteiger partial charge in [0.2, 0.25) is 0 Å². The number of hydrogen-bond acceptors (Lipinski definition) is 2. The quantitative estimate of drug-likeness (QED) is 0.678. The zero-order valence-electron chi connectivity index (χ0n) is 7.76. The fourth-order valence-electron chi connectivity index (χ4n) is 1.89. The van der Waals surface area contributed by atoms with Crippen molar-refractivity contribution in [2.45, 2.75) is 25.3 Å². The van der Waals surface area contributed by atoms with E-state index in [1.54, 1.807) is 0 Å². The lowest BCUT2D eigenvalue weighted by atomic mass is 9.87. The summed E-state index contributed by atoms with van der Waals surface area (Å²) in [5.41, 5.74) is 0.916. The highest BCUT2D eigenvalue weighted by Gasteiger charge is 2.32. The summed E-state index contributed by atoms with van der Waals surface area (Å²) in [7, 11) is 0. The second-order valence-electron chi connectivity index (χ2n) is 3.81. The van der Waals surface area contributed by atoms with E-state index in [-0.39, 0.29) is 5.54 Å². The highest BCUT2D eigenvalue weighted by atomic mass is 16.1. The van der Waals surface area contributed by atoms with Crippen LogP contribution in [0.5, 0.6) is 0 Å². The Kier molecular flexibility index (Phi) is 1.96. The first-order valence-corrected chi connectivity index (χ1v) is 4.61. The van der Waals surface area contributed by atoms with Crippen LogP contribution in [0.2, 0.25) is 0 Å². The zero-order valence-corrected chi connectivity index (χ0v) is 7.76. The highest BCUT2D eigenvalue weighted by Crippen LogP contribution is 2.26. The summed E-state index contributed by atoms with van der Waals surface area (Å²) in [6.45, 7) is 2.85. The summed E-state index contributed by atoms with van der Waals surface area (Å²) in [4.78, 5) is 14.5. The molecule has 70 valence electrons. The van der Waals surface area contributed by atoms with E-state index in [0.717, 1.165) is 12.2 Å². The van der Waals surface area contributed by atoms with Gasteiger partial charge in [0.25, 0.3) is 0 Å². The van der Waals surface area contributed by atoms with Crippen LogP contribution in [-0.2, 0) is 10.3 Å². The molecule has 0 aliphatic carbocycles. The maximum Gasteiger partial charge on any atom is 0.136 e. The van der Waals surface area contributed by atoms with Crippen LogP contribution in [0.25, 0.3) is 0 Å². The number of nitrogens with one attached hydrogen (secondary N) is 2. The number of carbonyl (C=O) groups is 1. The predicted molar refractivity (Wildman–Crippen MR) is 50.4 cm³/mol. The van der Waals surface area contributed by atoms with Crippen LogP contribution in [0.1, 0.15) is 25.5 Å². The third kappa shape index (κ3) is 1.52. The molecule has 3 nitrogen and oxygen atoms in total. The van der Waals surface area contributed by atoms with E-state index in [9.17, 15) is 4.79 Å². The Hall–Kier alpha value is -1.09. The molecule has 0 bridgehead atoms. The van der Waals surface area contributed by atoms with Gasteiger partial charge in [-0.15, -0.1) is 0 Å². The van der Waals surface area contributed by atoms with Crippen molar-refractivity contribution in [1.82, 2.24) is 10.3 Å². The molecule has 1 atom stereocenters. The van der Waals surface area contributed by atoms with Gasteiger partial charge in [-0.3, -0.25) is 4.79 Å². The summed E-state index contributed by atoms with van der Waals surface area (Å²) in [6.07, 6.45) is 3.14. The normalized spacial score (nSPS) is 29.2. The number of rotatable bonds is 1. The molecule has 0 aromatic carbocycles. The number of piperidine rings is 1. The second kappa shape index (κ2) is 3.00. The number of H-pyrrole nitrogens is 1. The number of carbonyl (C=O) groups excluding carboxylic acids is 1. The number of ketones is 1. The number of aromatic nitrogens is 1. The van der Waals surface area contributed by atoms with Crippen molar-refractivity contribution in [3.8, 4) is 0 Å². The third-order valence-electron chi connectivity index (χ3n) is 2.66. The molecule has 2 heterocycles. The molecule has 1 aromatic rings. The van der Waals surface area contributed by atoms with E-state index in [1.807, 2.05) is 18.3 Å². The number of aromatic amines is 1. The van der Waals surface area contributed by atoms with E-state index in [0.29, 0.717) is 18.6 Å². The Balaban J connectivity index is 2.24. The van der Waals surface area contributed by atoms with E-state index in [1.165, 1.54) is 0 Å². The van der Waals surface area contributed by atoms with Crippen molar-refractivity contribution in [1.29, 1.82) is 0 Å². The van der Waals surface area contributed by atoms with Gasteiger partial charge in [-0.1, -0.05) is 0 Å². The van der Waals surface area contributed by atoms with Crippen molar-refractivity contribution in [2.24, 2.45) is 0 Å². The van der Waals surface area contributed by atoms with E-state index >= 15 is 0 Å². The summed E-state index contributed by atoms with van der Waals surface area (Å²) in [6, 6.07) is 3.98. The van der Waals surface area contributed by atoms with Gasteiger partial charge in [-0.25, -0.2) is 0 Å². The minimum Gasteiger partial charge on any atom is -0.363 e. The summed E-state index contributed by atoms with van der Waals surface area (Å²) >= 11 is 0. The van der Waals surface area contributed by atoms with Crippen molar-refractivity contribution in [3.05, 3.63) is 24.0 Å². The lowest BCUT2D eigenvalue weighted by Gasteiger charge is -2.33. The van der Waals surface area contributed by atoms with E-state index < -0.39 is 0 Å². The average molecular weight is 178 g/mol. The fourth-order valence-corrected chi connectivity index (χ4v) is 1.89. The first-order valence-electron chi connectivity index (χ1n) is 4.61. The highest BCUT2D eigenvalue weighted by molar-refractivity contribution is 5.80. The summed E-state index contributed by atoms with van der Waals surface area (Å²) in [5, 5.41) is 3.38. The molecule has 0 radical (unpaired) electrons. The molecule has 3 heteroatoms. The fraction of sp³-hybridized carbons (Fsp3) is 0.500. The Morgan fingerprint density at radius 1 is 1.54 bits per heavy atom. The Morgan fingerprint density at radius 3 is 3.00 bits per heavy atom. The monoisotopic (exact) mass is 178 g/mol. The Labute approximate surface area is 77.5 Å². The van der Waals surface area contributed by atoms with Crippen molar-refractivity contribution in [2.75, 3.05) is 6.54 Å². The van der Waals surface area contributed by atoms with Crippen LogP contribution in [0, 0.1) is 0 Å². The van der Waals surface area contributed by atoms with E-state index in [2.05, 4.69) is 17.2 Å². The largest absolute Gasteiger partial charge is 0.363 e. The van der Waals surface area contributed by atoms with Gasteiger partial charge >= 0.3 is 0 Å². The van der Waals surface area contributed by atoms with Gasteiger partial charge in [-0.05, 0) is 19.1 Å². The SMILES string of the molecule is CC1(c2ccc[nH]2)CC(=O)CCN1. The van der Waals surface area contributed by atoms with Gasteiger partial charge < -0.3 is 10.3 Å². The minimum atomic E-state index is -0.182. The summed E-state index contributed by atoms with van der Waals surface area (Å²) in [5.74, 6) is 0.343. The van der Waals surface area contributed by atoms with Crippen molar-refractivity contribution >= 4 is 5.78 Å². The van der Waals surface area contributed by atoms with Gasteiger partial charge in [0, 0.05) is 31.3 Å². The van der Waals surface area contributed by atoms with Gasteiger partial charge in [0.05, 0.1) is 5.54 Å². The van der Waals surface area contributed by atoms with Crippen LogP contribution in [0.3, 0.4) is 0 Å². The standard InChI is InChI=1S/C10H14N2O/c1-10(9-3-2-5-11-9)7-8(13)4-6-12-10/h2-3,5,11-12H,4,6-7H2,1H3. The molecule has 2 N–H and O–H groups in total. The topological polar surface area (TPSA) is 44.9 Å². The molecule has 1 aliphatic heterocycles. The molecule has 1 aromatic heterocycles. The van der Waals surface area contributed by atoms with Crippen LogP contribution < -0.4 is 5.32 Å². The second-order valence-corrected chi connectivity index (χ2v) is 3.81. The molecule has 1 unspecified atom stereocenters. The molecule has 0 spiro atoms. The third-order valence-corrected chi connectivity index (χ3v) is 2.66. The summed E-state index contributed by atoms with van der Waals surface area (Å²) < 4.78 is 0. The Morgan fingerprint density at radius 2 is 2.38 bits per heavy atom.